The van der Waals surface area contributed by atoms with E-state index < -0.39 is 4.65 Å². The number of anilines is 1. The number of hydrogen-bond donors (Lipinski definition) is 0. The molecule has 26 heavy (non-hydrogen) atoms. The average Bonchev–Trinajstić information content (AvgIpc) is 2.64. The van der Waals surface area contributed by atoms with Crippen molar-refractivity contribution in [2.24, 2.45) is 5.41 Å². The molecule has 0 aromatic carbocycles. The summed E-state index contributed by atoms with van der Waals surface area (Å²) >= 11 is 0. The summed E-state index contributed by atoms with van der Waals surface area (Å²) in [6.45, 7) is 9.87. The van der Waals surface area contributed by atoms with Crippen LogP contribution in [-0.2, 0) is 4.79 Å². The van der Waals surface area contributed by atoms with E-state index in [-0.39, 0.29) is 11.3 Å². The largest absolute Gasteiger partial charge is 0.625 e. The van der Waals surface area contributed by atoms with Crippen molar-refractivity contribution in [1.29, 1.82) is 0 Å². The van der Waals surface area contributed by atoms with Crippen molar-refractivity contribution in [2.75, 3.05) is 50.7 Å². The number of amides is 1. The molecule has 3 heterocycles. The van der Waals surface area contributed by atoms with Crippen LogP contribution in [0.3, 0.4) is 0 Å². The first kappa shape index (κ1) is 19.2. The molecule has 3 rings (SSSR count). The number of piperidine rings is 1. The fourth-order valence-corrected chi connectivity index (χ4v) is 3.81. The molecule has 144 valence electrons. The van der Waals surface area contributed by atoms with Crippen molar-refractivity contribution in [2.45, 2.75) is 39.5 Å². The fourth-order valence-electron chi connectivity index (χ4n) is 3.81. The predicted octanol–water partition coefficient (Wildman–Crippen LogP) is 2.04. The maximum Gasteiger partial charge on any atom is 0.314 e. The van der Waals surface area contributed by atoms with E-state index in [4.69, 9.17) is 0 Å². The maximum absolute atomic E-state index is 12.7. The van der Waals surface area contributed by atoms with E-state index in [1.54, 1.807) is 12.4 Å². The van der Waals surface area contributed by atoms with Crippen LogP contribution in [0.4, 0.5) is 5.95 Å². The molecule has 2 fully saturated rings. The van der Waals surface area contributed by atoms with Gasteiger partial charge >= 0.3 is 5.91 Å². The van der Waals surface area contributed by atoms with Crippen molar-refractivity contribution < 1.29 is 9.44 Å². The van der Waals surface area contributed by atoms with Crippen LogP contribution in [0.15, 0.2) is 18.5 Å². The minimum atomic E-state index is -0.609. The Labute approximate surface area is 156 Å². The smallest absolute Gasteiger partial charge is 0.314 e. The lowest BCUT2D eigenvalue weighted by Gasteiger charge is -2.47. The van der Waals surface area contributed by atoms with Gasteiger partial charge in [-0.1, -0.05) is 13.8 Å². The Morgan fingerprint density at radius 2 is 1.85 bits per heavy atom. The second-order valence-corrected chi connectivity index (χ2v) is 8.41. The number of likely N-dealkylation sites (tertiary alicyclic amines) is 1. The van der Waals surface area contributed by atoms with Crippen LogP contribution >= 0.6 is 0 Å². The molecule has 0 aliphatic carbocycles. The first-order chi connectivity index (χ1) is 12.4. The average molecular weight is 361 g/mol. The van der Waals surface area contributed by atoms with Crippen LogP contribution in [0.5, 0.6) is 0 Å². The summed E-state index contributed by atoms with van der Waals surface area (Å²) in [5.74, 6) is 0.675. The zero-order valence-corrected chi connectivity index (χ0v) is 16.1. The molecule has 1 aromatic rings. The van der Waals surface area contributed by atoms with Gasteiger partial charge in [0.15, 0.2) is 0 Å². The van der Waals surface area contributed by atoms with Gasteiger partial charge in [-0.25, -0.2) is 14.8 Å². The number of carbonyl (C=O) groups excluding carboxylic acids is 1. The second-order valence-electron chi connectivity index (χ2n) is 8.41. The van der Waals surface area contributed by atoms with Crippen LogP contribution in [0, 0.1) is 10.6 Å². The van der Waals surface area contributed by atoms with E-state index in [9.17, 15) is 10.0 Å². The molecular formula is C19H31N5O2. The van der Waals surface area contributed by atoms with E-state index in [2.05, 4.69) is 33.6 Å². The third kappa shape index (κ3) is 4.78. The minimum Gasteiger partial charge on any atom is -0.625 e. The van der Waals surface area contributed by atoms with Crippen LogP contribution in [0.25, 0.3) is 0 Å². The number of hydrogen-bond acceptors (Lipinski definition) is 6. The Kier molecular flexibility index (Phi) is 5.89. The van der Waals surface area contributed by atoms with Gasteiger partial charge in [0.25, 0.3) is 0 Å². The van der Waals surface area contributed by atoms with Crippen molar-refractivity contribution in [3.05, 3.63) is 23.7 Å². The first-order valence-electron chi connectivity index (χ1n) is 9.74. The summed E-state index contributed by atoms with van der Waals surface area (Å²) in [6, 6.07) is 1.83. The lowest BCUT2D eigenvalue weighted by Crippen LogP contribution is -2.54. The SMILES string of the molecule is CC1(C)CC[N+]([O-])(CCCCN2CCN(c3ncccn3)CC2)C(=O)C1. The number of rotatable bonds is 6. The third-order valence-corrected chi connectivity index (χ3v) is 5.69. The van der Waals surface area contributed by atoms with E-state index in [0.29, 0.717) is 19.5 Å². The molecular weight excluding hydrogens is 330 g/mol. The summed E-state index contributed by atoms with van der Waals surface area (Å²) in [7, 11) is 0. The summed E-state index contributed by atoms with van der Waals surface area (Å²) < 4.78 is -0.609. The zero-order chi connectivity index (χ0) is 18.6. The maximum atomic E-state index is 12.7. The predicted molar refractivity (Wildman–Crippen MR) is 101 cm³/mol. The highest BCUT2D eigenvalue weighted by molar-refractivity contribution is 5.70. The van der Waals surface area contributed by atoms with Gasteiger partial charge in [-0.15, -0.1) is 0 Å². The number of unbranched alkanes of at least 4 members (excludes halogenated alkanes) is 1. The number of piperazine rings is 1. The van der Waals surface area contributed by atoms with Gasteiger partial charge < -0.3 is 10.1 Å². The monoisotopic (exact) mass is 361 g/mol. The lowest BCUT2D eigenvalue weighted by atomic mass is 9.82. The van der Waals surface area contributed by atoms with Crippen LogP contribution < -0.4 is 4.90 Å². The van der Waals surface area contributed by atoms with Crippen molar-refractivity contribution in [3.63, 3.8) is 0 Å². The number of carbonyl (C=O) groups is 1. The van der Waals surface area contributed by atoms with Crippen molar-refractivity contribution in [1.82, 2.24) is 14.9 Å². The van der Waals surface area contributed by atoms with Gasteiger partial charge in [0, 0.05) is 45.0 Å². The molecule has 0 spiro atoms. The second kappa shape index (κ2) is 7.98. The Morgan fingerprint density at radius 3 is 2.50 bits per heavy atom. The molecule has 0 bridgehead atoms. The normalized spacial score (nSPS) is 26.9. The summed E-state index contributed by atoms with van der Waals surface area (Å²) in [5, 5.41) is 12.7. The van der Waals surface area contributed by atoms with Gasteiger partial charge in [0.1, 0.15) is 0 Å². The number of hydroxylamine groups is 3. The topological polar surface area (TPSA) is 72.4 Å². The van der Waals surface area contributed by atoms with Crippen LogP contribution in [-0.4, -0.2) is 71.2 Å². The molecule has 2 saturated heterocycles. The zero-order valence-electron chi connectivity index (χ0n) is 16.1. The Balaban J connectivity index is 1.35. The Hall–Kier alpha value is -1.57. The highest BCUT2D eigenvalue weighted by atomic mass is 16.6. The van der Waals surface area contributed by atoms with E-state index in [0.717, 1.165) is 57.9 Å². The van der Waals surface area contributed by atoms with Gasteiger partial charge in [0.05, 0.1) is 19.5 Å². The molecule has 1 amide bonds. The van der Waals surface area contributed by atoms with Crippen molar-refractivity contribution >= 4 is 11.9 Å². The van der Waals surface area contributed by atoms with E-state index in [1.807, 2.05) is 6.07 Å². The molecule has 2 aliphatic rings. The molecule has 0 N–H and O–H groups in total. The van der Waals surface area contributed by atoms with Crippen LogP contribution in [0.2, 0.25) is 0 Å². The lowest BCUT2D eigenvalue weighted by molar-refractivity contribution is -0.810. The molecule has 0 radical (unpaired) electrons. The molecule has 0 saturated carbocycles. The summed E-state index contributed by atoms with van der Waals surface area (Å²) in [6.07, 6.45) is 6.60. The number of nitrogens with zero attached hydrogens (tertiary/aromatic N) is 5. The quantitative estimate of drug-likeness (QED) is 0.439. The minimum absolute atomic E-state index is 0.00855. The standard InChI is InChI=1S/C19H31N5O2/c1-19(2)6-15-24(26,17(25)16-19)14-4-3-9-22-10-12-23(13-11-22)18-20-7-5-8-21-18/h5,7-8H,3-4,6,9-16H2,1-2H3. The van der Waals surface area contributed by atoms with Gasteiger partial charge in [-0.05, 0) is 30.9 Å². The first-order valence-corrected chi connectivity index (χ1v) is 9.74. The van der Waals surface area contributed by atoms with Gasteiger partial charge in [-0.2, -0.15) is 0 Å². The van der Waals surface area contributed by atoms with Gasteiger partial charge in [-0.3, -0.25) is 9.55 Å². The highest BCUT2D eigenvalue weighted by Crippen LogP contribution is 2.34. The molecule has 1 atom stereocenters. The molecule has 1 unspecified atom stereocenters. The highest BCUT2D eigenvalue weighted by Gasteiger charge is 2.39. The third-order valence-electron chi connectivity index (χ3n) is 5.69. The summed E-state index contributed by atoms with van der Waals surface area (Å²) in [5.41, 5.74) is -0.00855. The van der Waals surface area contributed by atoms with Gasteiger partial charge in [0.2, 0.25) is 5.95 Å². The number of aromatic nitrogens is 2. The molecule has 2 aliphatic heterocycles. The Morgan fingerprint density at radius 1 is 1.15 bits per heavy atom. The Bertz CT molecular complexity index is 601. The molecule has 7 nitrogen and oxygen atoms in total. The summed E-state index contributed by atoms with van der Waals surface area (Å²) in [4.78, 5) is 25.5. The van der Waals surface area contributed by atoms with Crippen LogP contribution in [0.1, 0.15) is 39.5 Å². The molecule has 7 heteroatoms. The molecule has 1 aromatic heterocycles. The van der Waals surface area contributed by atoms with Crippen molar-refractivity contribution in [3.8, 4) is 0 Å². The number of quaternary nitrogens is 1. The van der Waals surface area contributed by atoms with E-state index in [1.165, 1.54) is 0 Å². The van der Waals surface area contributed by atoms with E-state index >= 15 is 0 Å². The fraction of sp³-hybridized carbons (Fsp3) is 0.737.